The monoisotopic (exact) mass is 752 g/mol. The number of hydrogen-bond donors (Lipinski definition) is 0. The summed E-state index contributed by atoms with van der Waals surface area (Å²) < 4.78 is 12.9. The number of benzene rings is 5. The van der Waals surface area contributed by atoms with Crippen LogP contribution in [0.15, 0.2) is 96.1 Å². The summed E-state index contributed by atoms with van der Waals surface area (Å²) >= 11 is 0. The zero-order valence-electron chi connectivity index (χ0n) is 34.4. The first-order valence-corrected chi connectivity index (χ1v) is 21.9. The summed E-state index contributed by atoms with van der Waals surface area (Å²) in [7, 11) is 0. The lowest BCUT2D eigenvalue weighted by Gasteiger charge is -2.46. The third-order valence-corrected chi connectivity index (χ3v) is 14.6. The molecule has 0 bridgehead atoms. The van der Waals surface area contributed by atoms with Gasteiger partial charge in [0.25, 0.3) is 6.34 Å². The smallest absolute Gasteiger partial charge is 0.417 e. The van der Waals surface area contributed by atoms with Gasteiger partial charge in [-0.2, -0.15) is 4.58 Å². The van der Waals surface area contributed by atoms with Crippen molar-refractivity contribution in [2.45, 2.75) is 134 Å². The Hall–Kier alpha value is -5.03. The fourth-order valence-corrected chi connectivity index (χ4v) is 11.5. The molecule has 0 aromatic heterocycles. The molecule has 2 fully saturated rings. The normalized spacial score (nSPS) is 24.7. The quantitative estimate of drug-likeness (QED) is 0.172. The second-order valence-corrected chi connectivity index (χ2v) is 18.9. The molecule has 0 saturated heterocycles. The third kappa shape index (κ3) is 5.16. The van der Waals surface area contributed by atoms with Crippen LogP contribution in [0.3, 0.4) is 0 Å². The third-order valence-electron chi connectivity index (χ3n) is 14.6. The number of nitrogens with zero attached hydrogens (tertiary/aromatic N) is 4. The van der Waals surface area contributed by atoms with Crippen LogP contribution in [0.5, 0.6) is 5.75 Å². The van der Waals surface area contributed by atoms with Gasteiger partial charge in [-0.1, -0.05) is 130 Å². The van der Waals surface area contributed by atoms with Crippen molar-refractivity contribution in [1.29, 1.82) is 0 Å². The number of allylic oxidation sites excluding steroid dienone is 1. The predicted molar refractivity (Wildman–Crippen MR) is 234 cm³/mol. The van der Waals surface area contributed by atoms with E-state index in [1.165, 1.54) is 136 Å². The van der Waals surface area contributed by atoms with E-state index in [0.29, 0.717) is 12.1 Å². The van der Waals surface area contributed by atoms with Crippen molar-refractivity contribution in [3.05, 3.63) is 130 Å². The van der Waals surface area contributed by atoms with Crippen LogP contribution < -0.4 is 4.74 Å². The van der Waals surface area contributed by atoms with E-state index in [4.69, 9.17) is 9.73 Å². The van der Waals surface area contributed by atoms with Crippen LogP contribution in [0.2, 0.25) is 0 Å². The van der Waals surface area contributed by atoms with E-state index in [-0.39, 0.29) is 17.6 Å². The molecule has 57 heavy (non-hydrogen) atoms. The number of hydrogen-bond acceptors (Lipinski definition) is 3. The number of rotatable bonds is 3. The molecule has 5 aromatic rings. The Kier molecular flexibility index (Phi) is 8.01. The van der Waals surface area contributed by atoms with E-state index in [9.17, 15) is 0 Å². The highest BCUT2D eigenvalue weighted by atomic mass is 16.5. The Morgan fingerprint density at radius 2 is 1.53 bits per heavy atom. The minimum Gasteiger partial charge on any atom is -0.476 e. The molecular weight excluding hydrogens is 697 g/mol. The summed E-state index contributed by atoms with van der Waals surface area (Å²) in [4.78, 5) is 8.43. The van der Waals surface area contributed by atoms with Gasteiger partial charge >= 0.3 is 5.79 Å². The average molecular weight is 753 g/mol. The molecule has 2 aliphatic carbocycles. The Labute approximate surface area is 338 Å². The number of fused-ring (bicyclic) bond motifs is 12. The Morgan fingerprint density at radius 3 is 2.30 bits per heavy atom. The van der Waals surface area contributed by atoms with Crippen LogP contribution in [0.25, 0.3) is 27.1 Å². The van der Waals surface area contributed by atoms with Gasteiger partial charge in [-0.05, 0) is 89.4 Å². The molecule has 5 aromatic carbocycles. The maximum absolute atomic E-state index is 7.49. The molecule has 11 rings (SSSR count). The molecule has 5 nitrogen and oxygen atoms in total. The molecule has 4 aliphatic heterocycles. The van der Waals surface area contributed by atoms with E-state index < -0.39 is 5.79 Å². The molecule has 288 valence electrons. The molecule has 3 atom stereocenters. The fraction of sp³-hybridized carbons (Fsp3) is 0.404. The minimum atomic E-state index is -0.620. The average Bonchev–Trinajstić information content (AvgIpc) is 3.77. The summed E-state index contributed by atoms with van der Waals surface area (Å²) in [6.45, 7) is 11.4. The molecule has 2 saturated carbocycles. The molecule has 5 heteroatoms. The number of ether oxygens (including phenoxy) is 1. The molecule has 6 aliphatic rings. The van der Waals surface area contributed by atoms with E-state index in [2.05, 4.69) is 152 Å². The fourth-order valence-electron chi connectivity index (χ4n) is 11.5. The van der Waals surface area contributed by atoms with E-state index in [0.717, 1.165) is 5.75 Å². The summed E-state index contributed by atoms with van der Waals surface area (Å²) in [5, 5.41) is 5.08. The van der Waals surface area contributed by atoms with Gasteiger partial charge in [0.15, 0.2) is 18.0 Å². The lowest BCUT2D eigenvalue weighted by atomic mass is 9.83. The van der Waals surface area contributed by atoms with Crippen LogP contribution in [0.4, 0.5) is 0 Å². The van der Waals surface area contributed by atoms with Gasteiger partial charge in [0, 0.05) is 41.6 Å². The zero-order valence-corrected chi connectivity index (χ0v) is 34.4. The SMILES string of the molecule is Cc1ccc2ccc3c(c2c1C)OC1C2=[N+](C=NC31)C1(c3ccc4cc(C(C)(C)C)ccc4c32)N(C2CCCCC2)C=C(c2ccccc2)C=[N+]1C1CCCCC1. The highest BCUT2D eigenvalue weighted by Crippen LogP contribution is 2.54. The van der Waals surface area contributed by atoms with Crippen molar-refractivity contribution in [1.82, 2.24) is 4.90 Å². The van der Waals surface area contributed by atoms with Gasteiger partial charge in [0.1, 0.15) is 11.3 Å². The van der Waals surface area contributed by atoms with Crippen LogP contribution in [0.1, 0.15) is 130 Å². The Balaban J connectivity index is 1.22. The molecule has 3 unspecified atom stereocenters. The highest BCUT2D eigenvalue weighted by Gasteiger charge is 2.69. The number of aliphatic imine (C=N–C) groups is 1. The van der Waals surface area contributed by atoms with Crippen molar-refractivity contribution >= 4 is 45.4 Å². The van der Waals surface area contributed by atoms with Gasteiger partial charge in [-0.3, -0.25) is 4.90 Å². The van der Waals surface area contributed by atoms with Crippen molar-refractivity contribution in [3.63, 3.8) is 0 Å². The maximum atomic E-state index is 7.49. The molecule has 1 spiro atoms. The van der Waals surface area contributed by atoms with Gasteiger partial charge in [-0.15, -0.1) is 4.58 Å². The molecule has 0 N–H and O–H groups in total. The zero-order chi connectivity index (χ0) is 38.6. The Morgan fingerprint density at radius 1 is 0.789 bits per heavy atom. The van der Waals surface area contributed by atoms with Crippen LogP contribution >= 0.6 is 0 Å². The van der Waals surface area contributed by atoms with Gasteiger partial charge in [0.2, 0.25) is 12.1 Å². The van der Waals surface area contributed by atoms with Crippen molar-refractivity contribution in [2.75, 3.05) is 0 Å². The van der Waals surface area contributed by atoms with Crippen LogP contribution in [-0.2, 0) is 11.2 Å². The first-order chi connectivity index (χ1) is 27.7. The predicted octanol–water partition coefficient (Wildman–Crippen LogP) is 11.5. The summed E-state index contributed by atoms with van der Waals surface area (Å²) in [6.07, 6.45) is 19.5. The van der Waals surface area contributed by atoms with E-state index in [1.807, 2.05) is 0 Å². The van der Waals surface area contributed by atoms with Gasteiger partial charge in [0.05, 0.1) is 5.57 Å². The van der Waals surface area contributed by atoms with Gasteiger partial charge in [-0.25, -0.2) is 0 Å². The largest absolute Gasteiger partial charge is 0.476 e. The summed E-state index contributed by atoms with van der Waals surface area (Å²) in [6, 6.07) is 33.1. The van der Waals surface area contributed by atoms with Crippen LogP contribution in [-0.4, -0.2) is 50.5 Å². The molecular formula is C52H56N4O+2. The van der Waals surface area contributed by atoms with E-state index >= 15 is 0 Å². The Bertz CT molecular complexity index is 2590. The first-order valence-electron chi connectivity index (χ1n) is 21.9. The van der Waals surface area contributed by atoms with Crippen molar-refractivity contribution < 1.29 is 13.9 Å². The van der Waals surface area contributed by atoms with Crippen molar-refractivity contribution in [2.24, 2.45) is 4.99 Å². The highest BCUT2D eigenvalue weighted by molar-refractivity contribution is 6.16. The summed E-state index contributed by atoms with van der Waals surface area (Å²) in [5.41, 5.74) is 11.8. The lowest BCUT2D eigenvalue weighted by Crippen LogP contribution is -2.65. The molecule has 4 heterocycles. The number of aryl methyl sites for hydroxylation is 2. The second kappa shape index (κ2) is 13.0. The maximum Gasteiger partial charge on any atom is 0.417 e. The standard InChI is InChI=1S/C52H56N4O/c1-33-21-22-36-23-26-43-47-50(57-49(43)45(36)34(33)2)48-46-42-27-25-39(51(3,4)5)29-37(42)24-28-44(46)52(56(48)32-53-47)54(40-17-11-7-12-18-40)30-38(35-15-9-6-10-16-35)31-55(52)41-19-13-8-14-20-41/h6,9-10,15-16,21-32,40-41,47,50H,7-8,11-14,17-20H2,1-5H3/q+2. The second-order valence-electron chi connectivity index (χ2n) is 18.9. The molecule has 0 radical (unpaired) electrons. The summed E-state index contributed by atoms with van der Waals surface area (Å²) in [5.74, 6) is 0.396. The minimum absolute atomic E-state index is 0.0516. The van der Waals surface area contributed by atoms with E-state index in [1.54, 1.807) is 0 Å². The van der Waals surface area contributed by atoms with Gasteiger partial charge < -0.3 is 4.74 Å². The van der Waals surface area contributed by atoms with Crippen molar-refractivity contribution in [3.8, 4) is 5.75 Å². The first kappa shape index (κ1) is 35.2. The molecule has 0 amide bonds. The topological polar surface area (TPSA) is 30.9 Å². The van der Waals surface area contributed by atoms with Crippen LogP contribution in [0, 0.1) is 13.8 Å². The lowest BCUT2D eigenvalue weighted by molar-refractivity contribution is -0.840.